The minimum absolute atomic E-state index is 0.319. The van der Waals surface area contributed by atoms with Gasteiger partial charge in [0.25, 0.3) is 0 Å². The molecule has 0 amide bonds. The summed E-state index contributed by atoms with van der Waals surface area (Å²) in [7, 11) is 0. The first-order valence-corrected chi connectivity index (χ1v) is 6.63. The van der Waals surface area contributed by atoms with E-state index in [1.807, 2.05) is 30.3 Å². The lowest BCUT2D eigenvalue weighted by Crippen LogP contribution is -2.05. The lowest BCUT2D eigenvalue weighted by molar-refractivity contribution is -0.115. The zero-order valence-corrected chi connectivity index (χ0v) is 10.7. The minimum atomic E-state index is 0.319. The molecule has 0 radical (unpaired) electrons. The second kappa shape index (κ2) is 6.02. The first-order chi connectivity index (χ1) is 8.25. The maximum Gasteiger partial charge on any atom is 0.158 e. The highest BCUT2D eigenvalue weighted by atomic mass is 35.5. The predicted octanol–water partition coefficient (Wildman–Crippen LogP) is 4.65. The number of hydrogen-bond acceptors (Lipinski definition) is 1. The maximum absolute atomic E-state index is 11.9. The molecular weight excluding hydrogens is 232 g/mol. The van der Waals surface area contributed by atoms with Gasteiger partial charge in [0.05, 0.1) is 0 Å². The average Bonchev–Trinajstić information content (AvgIpc) is 2.31. The third-order valence-corrected chi connectivity index (χ3v) is 3.42. The summed E-state index contributed by atoms with van der Waals surface area (Å²) in [4.78, 5) is 11.9. The van der Waals surface area contributed by atoms with Gasteiger partial charge in [0.1, 0.15) is 0 Å². The van der Waals surface area contributed by atoms with E-state index in [2.05, 4.69) is 0 Å². The number of rotatable bonds is 1. The third-order valence-electron chi connectivity index (χ3n) is 3.17. The van der Waals surface area contributed by atoms with Gasteiger partial charge in [-0.15, -0.1) is 0 Å². The van der Waals surface area contributed by atoms with E-state index in [1.165, 1.54) is 12.8 Å². The molecule has 2 heteroatoms. The first kappa shape index (κ1) is 12.4. The normalized spacial score (nSPS) is 20.1. The average molecular weight is 249 g/mol. The molecule has 0 spiro atoms. The van der Waals surface area contributed by atoms with Gasteiger partial charge in [0, 0.05) is 11.4 Å². The molecule has 0 aromatic heterocycles. The van der Waals surface area contributed by atoms with Gasteiger partial charge in [0.2, 0.25) is 0 Å². The Kier molecular flexibility index (Phi) is 4.38. The van der Waals surface area contributed by atoms with Gasteiger partial charge in [-0.2, -0.15) is 0 Å². The number of halogens is 1. The van der Waals surface area contributed by atoms with Gasteiger partial charge < -0.3 is 0 Å². The fourth-order valence-corrected chi connectivity index (χ4v) is 2.29. The molecule has 17 heavy (non-hydrogen) atoms. The van der Waals surface area contributed by atoms with Crippen LogP contribution in [0.15, 0.2) is 29.8 Å². The number of carbonyl (C=O) groups excluding carboxylic acids is 1. The van der Waals surface area contributed by atoms with Crippen molar-refractivity contribution in [2.45, 2.75) is 38.5 Å². The summed E-state index contributed by atoms with van der Waals surface area (Å²) in [5, 5.41) is 0.733. The van der Waals surface area contributed by atoms with Crippen molar-refractivity contribution in [3.05, 3.63) is 40.4 Å². The largest absolute Gasteiger partial charge is 0.295 e. The maximum atomic E-state index is 11.9. The summed E-state index contributed by atoms with van der Waals surface area (Å²) in [6.45, 7) is 0. The Balaban J connectivity index is 2.17. The van der Waals surface area contributed by atoms with Crippen LogP contribution in [-0.4, -0.2) is 5.78 Å². The molecule has 0 bridgehead atoms. The van der Waals surface area contributed by atoms with Crippen LogP contribution in [0.3, 0.4) is 0 Å². The molecule has 1 aliphatic rings. The van der Waals surface area contributed by atoms with Crippen LogP contribution in [0, 0.1) is 0 Å². The molecule has 1 aromatic carbocycles. The summed E-state index contributed by atoms with van der Waals surface area (Å²) in [6.07, 6.45) is 8.25. The van der Waals surface area contributed by atoms with Crippen LogP contribution in [0.5, 0.6) is 0 Å². The lowest BCUT2D eigenvalue weighted by atomic mass is 9.94. The standard InChI is InChI=1S/C15H17ClO/c16-14-9-7-12(8-10-14)11-13-5-3-1-2-4-6-15(13)17/h7-11H,1-6H2/b13-11+. The molecule has 0 unspecified atom stereocenters. The first-order valence-electron chi connectivity index (χ1n) is 6.25. The van der Waals surface area contributed by atoms with E-state index in [-0.39, 0.29) is 0 Å². The molecular formula is C15H17ClO. The van der Waals surface area contributed by atoms with Crippen LogP contribution in [0.25, 0.3) is 6.08 Å². The topological polar surface area (TPSA) is 17.1 Å². The van der Waals surface area contributed by atoms with E-state index < -0.39 is 0 Å². The smallest absolute Gasteiger partial charge is 0.158 e. The van der Waals surface area contributed by atoms with Crippen molar-refractivity contribution < 1.29 is 4.79 Å². The van der Waals surface area contributed by atoms with E-state index >= 15 is 0 Å². The number of allylic oxidation sites excluding steroid dienone is 1. The number of benzene rings is 1. The van der Waals surface area contributed by atoms with Crippen LogP contribution in [0.1, 0.15) is 44.1 Å². The fourth-order valence-electron chi connectivity index (χ4n) is 2.17. The molecule has 1 aromatic rings. The van der Waals surface area contributed by atoms with Crippen LogP contribution in [0.2, 0.25) is 5.02 Å². The number of hydrogen-bond donors (Lipinski definition) is 0. The molecule has 0 saturated heterocycles. The number of ketones is 1. The molecule has 0 aliphatic heterocycles. The van der Waals surface area contributed by atoms with Gasteiger partial charge in [-0.3, -0.25) is 4.79 Å². The van der Waals surface area contributed by atoms with Crippen molar-refractivity contribution in [3.63, 3.8) is 0 Å². The Labute approximate surface area is 107 Å². The number of Topliss-reactive ketones (excluding diaryl/α,β-unsaturated/α-hetero) is 1. The van der Waals surface area contributed by atoms with Crippen LogP contribution >= 0.6 is 11.6 Å². The molecule has 0 heterocycles. The van der Waals surface area contributed by atoms with Gasteiger partial charge >= 0.3 is 0 Å². The van der Waals surface area contributed by atoms with Gasteiger partial charge in [0.15, 0.2) is 5.78 Å². The van der Waals surface area contributed by atoms with E-state index in [9.17, 15) is 4.79 Å². The second-order valence-electron chi connectivity index (χ2n) is 4.56. The summed E-state index contributed by atoms with van der Waals surface area (Å²) in [6, 6.07) is 7.64. The quantitative estimate of drug-likeness (QED) is 0.662. The monoisotopic (exact) mass is 248 g/mol. The lowest BCUT2D eigenvalue weighted by Gasteiger charge is -2.11. The Hall–Kier alpha value is -1.08. The SMILES string of the molecule is O=C1CCCCCC/C1=C\c1ccc(Cl)cc1. The summed E-state index contributed by atoms with van der Waals surface area (Å²) < 4.78 is 0. The van der Waals surface area contributed by atoms with Crippen molar-refractivity contribution in [1.29, 1.82) is 0 Å². The third kappa shape index (κ3) is 3.71. The Bertz CT molecular complexity index is 417. The van der Waals surface area contributed by atoms with Crippen LogP contribution in [0.4, 0.5) is 0 Å². The predicted molar refractivity (Wildman–Crippen MR) is 72.1 cm³/mol. The van der Waals surface area contributed by atoms with Crippen molar-refractivity contribution in [2.24, 2.45) is 0 Å². The van der Waals surface area contributed by atoms with Crippen molar-refractivity contribution >= 4 is 23.5 Å². The zero-order chi connectivity index (χ0) is 12.1. The summed E-state index contributed by atoms with van der Waals surface area (Å²) >= 11 is 5.84. The van der Waals surface area contributed by atoms with Gasteiger partial charge in [-0.05, 0) is 48.6 Å². The van der Waals surface area contributed by atoms with Crippen LogP contribution < -0.4 is 0 Å². The Morgan fingerprint density at radius 3 is 2.29 bits per heavy atom. The highest BCUT2D eigenvalue weighted by molar-refractivity contribution is 6.30. The molecule has 0 atom stereocenters. The molecule has 90 valence electrons. The molecule has 1 saturated carbocycles. The number of carbonyl (C=O) groups is 1. The summed E-state index contributed by atoms with van der Waals surface area (Å²) in [5.74, 6) is 0.319. The molecule has 1 aliphatic carbocycles. The minimum Gasteiger partial charge on any atom is -0.295 e. The second-order valence-corrected chi connectivity index (χ2v) is 4.99. The van der Waals surface area contributed by atoms with Crippen molar-refractivity contribution in [1.82, 2.24) is 0 Å². The Morgan fingerprint density at radius 1 is 0.941 bits per heavy atom. The van der Waals surface area contributed by atoms with Crippen molar-refractivity contribution in [3.8, 4) is 0 Å². The zero-order valence-electron chi connectivity index (χ0n) is 9.92. The summed E-state index contributed by atoms with van der Waals surface area (Å²) in [5.41, 5.74) is 2.05. The van der Waals surface area contributed by atoms with Gasteiger partial charge in [-0.25, -0.2) is 0 Å². The molecule has 2 rings (SSSR count). The van der Waals surface area contributed by atoms with Crippen LogP contribution in [-0.2, 0) is 4.79 Å². The van der Waals surface area contributed by atoms with Gasteiger partial charge in [-0.1, -0.05) is 36.6 Å². The highest BCUT2D eigenvalue weighted by Gasteiger charge is 2.12. The van der Waals surface area contributed by atoms with E-state index in [0.29, 0.717) is 12.2 Å². The van der Waals surface area contributed by atoms with E-state index in [1.54, 1.807) is 0 Å². The van der Waals surface area contributed by atoms with E-state index in [4.69, 9.17) is 11.6 Å². The van der Waals surface area contributed by atoms with E-state index in [0.717, 1.165) is 35.4 Å². The van der Waals surface area contributed by atoms with Crippen molar-refractivity contribution in [2.75, 3.05) is 0 Å². The molecule has 1 fully saturated rings. The molecule has 0 N–H and O–H groups in total. The fraction of sp³-hybridized carbons (Fsp3) is 0.400. The Morgan fingerprint density at radius 2 is 1.59 bits per heavy atom. The molecule has 1 nitrogen and oxygen atoms in total. The highest BCUT2D eigenvalue weighted by Crippen LogP contribution is 2.21.